The number of aliphatic hydroxyl groups is 1. The molecule has 1 atom stereocenters. The van der Waals surface area contributed by atoms with Crippen molar-refractivity contribution in [3.05, 3.63) is 93.0 Å². The number of rotatable bonds is 4. The third kappa shape index (κ3) is 4.54. The van der Waals surface area contributed by atoms with Crippen LogP contribution in [0, 0.1) is 0 Å². The number of ketones is 1. The molecule has 1 heterocycles. The molecule has 0 saturated carbocycles. The molecule has 8 heteroatoms. The van der Waals surface area contributed by atoms with Crippen molar-refractivity contribution in [2.45, 2.75) is 32.2 Å². The van der Waals surface area contributed by atoms with Gasteiger partial charge in [-0.15, -0.1) is 0 Å². The van der Waals surface area contributed by atoms with E-state index in [2.05, 4.69) is 20.8 Å². The van der Waals surface area contributed by atoms with Crippen molar-refractivity contribution in [2.75, 3.05) is 12.0 Å². The molecule has 1 aliphatic rings. The number of aromatic hydroxyl groups is 1. The largest absolute Gasteiger partial charge is 0.507 e. The molecule has 1 amide bonds. The van der Waals surface area contributed by atoms with Crippen LogP contribution in [0.5, 0.6) is 11.5 Å². The summed E-state index contributed by atoms with van der Waals surface area (Å²) in [6.45, 7) is 6.22. The molecule has 6 nitrogen and oxygen atoms in total. The Morgan fingerprint density at radius 3 is 2.17 bits per heavy atom. The number of phenolic OH excluding ortho intramolecular Hbond substituents is 1. The third-order valence-corrected chi connectivity index (χ3v) is 6.62. The zero-order valence-corrected chi connectivity index (χ0v) is 21.7. The van der Waals surface area contributed by atoms with Crippen molar-refractivity contribution >= 4 is 46.3 Å². The number of Topliss-reactive ketones (excluding diaryl/α,β-unsaturated/α-hetero) is 1. The summed E-state index contributed by atoms with van der Waals surface area (Å²) in [5.74, 6) is -2.24. The molecule has 0 spiro atoms. The first kappa shape index (κ1) is 25.6. The molecule has 0 aliphatic carbocycles. The van der Waals surface area contributed by atoms with E-state index in [1.807, 2.05) is 12.1 Å². The van der Waals surface area contributed by atoms with Crippen LogP contribution in [-0.2, 0) is 15.0 Å². The van der Waals surface area contributed by atoms with Crippen molar-refractivity contribution in [1.29, 1.82) is 0 Å². The van der Waals surface area contributed by atoms with Crippen LogP contribution in [0.4, 0.5) is 5.69 Å². The molecule has 36 heavy (non-hydrogen) atoms. The van der Waals surface area contributed by atoms with E-state index < -0.39 is 23.5 Å². The van der Waals surface area contributed by atoms with Crippen molar-refractivity contribution in [1.82, 2.24) is 0 Å². The number of halogens is 2. The van der Waals surface area contributed by atoms with Gasteiger partial charge >= 0.3 is 0 Å². The van der Waals surface area contributed by atoms with E-state index in [-0.39, 0.29) is 38.8 Å². The maximum atomic E-state index is 13.4. The molecule has 3 aromatic carbocycles. The molecule has 1 saturated heterocycles. The number of aliphatic hydroxyl groups excluding tert-OH is 1. The van der Waals surface area contributed by atoms with Crippen molar-refractivity contribution in [3.63, 3.8) is 0 Å². The van der Waals surface area contributed by atoms with Crippen LogP contribution in [0.2, 0.25) is 10.0 Å². The van der Waals surface area contributed by atoms with Gasteiger partial charge < -0.3 is 14.9 Å². The minimum absolute atomic E-state index is 0.0478. The first-order chi connectivity index (χ1) is 16.9. The molecule has 1 unspecified atom stereocenters. The Labute approximate surface area is 219 Å². The van der Waals surface area contributed by atoms with E-state index >= 15 is 0 Å². The number of hydrogen-bond acceptors (Lipinski definition) is 5. The number of anilines is 1. The van der Waals surface area contributed by atoms with Crippen molar-refractivity contribution in [3.8, 4) is 11.5 Å². The van der Waals surface area contributed by atoms with E-state index in [1.54, 1.807) is 24.3 Å². The normalized spacial score (nSPS) is 17.5. The lowest BCUT2D eigenvalue weighted by Gasteiger charge is -2.27. The number of phenols is 1. The smallest absolute Gasteiger partial charge is 0.300 e. The van der Waals surface area contributed by atoms with Gasteiger partial charge in [0.15, 0.2) is 0 Å². The van der Waals surface area contributed by atoms with Crippen LogP contribution in [0.15, 0.2) is 66.2 Å². The number of hydrogen-bond donors (Lipinski definition) is 2. The Morgan fingerprint density at radius 2 is 1.56 bits per heavy atom. The van der Waals surface area contributed by atoms with Gasteiger partial charge in [-0.05, 0) is 52.9 Å². The maximum absolute atomic E-state index is 13.4. The summed E-state index contributed by atoms with van der Waals surface area (Å²) < 4.78 is 5.36. The van der Waals surface area contributed by atoms with E-state index in [0.29, 0.717) is 10.6 Å². The Kier molecular flexibility index (Phi) is 6.78. The molecular weight excluding hydrogens is 501 g/mol. The summed E-state index contributed by atoms with van der Waals surface area (Å²) >= 11 is 12.3. The van der Waals surface area contributed by atoms with Crippen LogP contribution in [-0.4, -0.2) is 29.0 Å². The highest BCUT2D eigenvalue weighted by molar-refractivity contribution is 6.52. The van der Waals surface area contributed by atoms with Crippen LogP contribution >= 0.6 is 23.2 Å². The average molecular weight is 526 g/mol. The number of nitrogens with zero attached hydrogens (tertiary/aromatic N) is 1. The third-order valence-electron chi connectivity index (χ3n) is 6.15. The molecular formula is C28H25Cl2NO5. The van der Waals surface area contributed by atoms with Crippen molar-refractivity contribution in [2.24, 2.45) is 0 Å². The first-order valence-corrected chi connectivity index (χ1v) is 11.9. The van der Waals surface area contributed by atoms with Crippen LogP contribution in [0.25, 0.3) is 5.76 Å². The molecule has 3 aromatic rings. The summed E-state index contributed by atoms with van der Waals surface area (Å²) in [6.07, 6.45) is 0. The summed E-state index contributed by atoms with van der Waals surface area (Å²) in [7, 11) is 1.42. The zero-order valence-electron chi connectivity index (χ0n) is 20.2. The lowest BCUT2D eigenvalue weighted by atomic mass is 9.85. The van der Waals surface area contributed by atoms with E-state index in [9.17, 15) is 19.8 Å². The number of benzene rings is 3. The molecule has 0 bridgehead atoms. The Morgan fingerprint density at radius 1 is 0.944 bits per heavy atom. The van der Waals surface area contributed by atoms with Gasteiger partial charge in [0.1, 0.15) is 17.3 Å². The van der Waals surface area contributed by atoms with Gasteiger partial charge in [0.2, 0.25) is 0 Å². The highest BCUT2D eigenvalue weighted by Gasteiger charge is 2.48. The fraction of sp³-hybridized carbons (Fsp3) is 0.214. The minimum Gasteiger partial charge on any atom is -0.507 e. The Hall–Kier alpha value is -3.48. The second kappa shape index (κ2) is 9.52. The molecule has 186 valence electrons. The summed E-state index contributed by atoms with van der Waals surface area (Å²) in [5, 5.41) is 22.6. The molecule has 1 aliphatic heterocycles. The van der Waals surface area contributed by atoms with Crippen LogP contribution < -0.4 is 9.64 Å². The second-order valence-corrected chi connectivity index (χ2v) is 10.4. The first-order valence-electron chi connectivity index (χ1n) is 11.2. The highest BCUT2D eigenvalue weighted by Crippen LogP contribution is 2.46. The molecule has 4 rings (SSSR count). The highest BCUT2D eigenvalue weighted by atomic mass is 35.5. The van der Waals surface area contributed by atoms with Gasteiger partial charge in [-0.25, -0.2) is 0 Å². The number of ether oxygens (including phenoxy) is 1. The monoisotopic (exact) mass is 525 g/mol. The minimum atomic E-state index is -1.05. The maximum Gasteiger partial charge on any atom is 0.300 e. The van der Waals surface area contributed by atoms with Gasteiger partial charge in [-0.3, -0.25) is 14.5 Å². The predicted octanol–water partition coefficient (Wildman–Crippen LogP) is 6.63. The van der Waals surface area contributed by atoms with Gasteiger partial charge in [-0.2, -0.15) is 0 Å². The average Bonchev–Trinajstić information content (AvgIpc) is 3.10. The SMILES string of the molecule is COc1ccc(Cl)cc1/C(O)=C1\C(=O)C(=O)N(c2cc(Cl)ccc2O)C1c1ccc(C(C)(C)C)cc1. The molecule has 0 aromatic heterocycles. The number of carbonyl (C=O) groups is 2. The van der Waals surface area contributed by atoms with E-state index in [1.165, 1.54) is 31.4 Å². The molecule has 2 N–H and O–H groups in total. The van der Waals surface area contributed by atoms with Gasteiger partial charge in [0.25, 0.3) is 11.7 Å². The van der Waals surface area contributed by atoms with E-state index in [0.717, 1.165) is 10.5 Å². The Balaban J connectivity index is 2.00. The number of methoxy groups -OCH3 is 1. The lowest BCUT2D eigenvalue weighted by molar-refractivity contribution is -0.132. The quantitative estimate of drug-likeness (QED) is 0.226. The van der Waals surface area contributed by atoms with Crippen LogP contribution in [0.1, 0.15) is 43.5 Å². The fourth-order valence-corrected chi connectivity index (χ4v) is 4.60. The Bertz CT molecular complexity index is 1390. The van der Waals surface area contributed by atoms with Crippen molar-refractivity contribution < 1.29 is 24.5 Å². The predicted molar refractivity (Wildman–Crippen MR) is 141 cm³/mol. The fourth-order valence-electron chi connectivity index (χ4n) is 4.26. The zero-order chi connectivity index (χ0) is 26.4. The van der Waals surface area contributed by atoms with Gasteiger partial charge in [0.05, 0.1) is 30.0 Å². The molecule has 0 radical (unpaired) electrons. The van der Waals surface area contributed by atoms with Crippen LogP contribution in [0.3, 0.4) is 0 Å². The topological polar surface area (TPSA) is 87.1 Å². The molecule has 1 fully saturated rings. The van der Waals surface area contributed by atoms with Gasteiger partial charge in [-0.1, -0.05) is 68.2 Å². The number of amides is 1. The van der Waals surface area contributed by atoms with Gasteiger partial charge in [0, 0.05) is 10.0 Å². The summed E-state index contributed by atoms with van der Waals surface area (Å²) in [4.78, 5) is 27.9. The standard InChI is InChI=1S/C28H25Cl2NO5/c1-28(2,3)16-7-5-15(6-8-16)24-23(25(33)19-13-17(29)10-12-22(19)36-4)26(34)27(35)31(24)20-14-18(30)9-11-21(20)32/h5-14,24,32-33H,1-4H3/b25-23+. The van der Waals surface area contributed by atoms with E-state index in [4.69, 9.17) is 27.9 Å². The second-order valence-electron chi connectivity index (χ2n) is 9.52. The number of carbonyl (C=O) groups excluding carboxylic acids is 2. The summed E-state index contributed by atoms with van der Waals surface area (Å²) in [5.41, 5.74) is 1.53. The lowest BCUT2D eigenvalue weighted by Crippen LogP contribution is -2.29. The summed E-state index contributed by atoms with van der Waals surface area (Å²) in [6, 6.07) is 15.2.